The molecule has 3 aromatic rings. The summed E-state index contributed by atoms with van der Waals surface area (Å²) in [6.45, 7) is 11.1. The van der Waals surface area contributed by atoms with Gasteiger partial charge in [-0.25, -0.2) is 8.42 Å². The number of halogens is 4. The van der Waals surface area contributed by atoms with Crippen LogP contribution in [0.5, 0.6) is 17.2 Å². The lowest BCUT2D eigenvalue weighted by molar-refractivity contribution is -0.138. The predicted molar refractivity (Wildman–Crippen MR) is 187 cm³/mol. The van der Waals surface area contributed by atoms with Crippen molar-refractivity contribution >= 4 is 47.0 Å². The van der Waals surface area contributed by atoms with E-state index < -0.39 is 41.8 Å². The SMILES string of the molecule is COc1cc(NC(C(=O)N2CCc3cc(OC)c(C(F)(F)F)cc32)c2ccc(Cl)cc2OCCO[Si](C)(C)C(C)(C)C)cc(S(C)(=O)=O)c1. The molecular weight excluding hydrogens is 701 g/mol. The van der Waals surface area contributed by atoms with Gasteiger partial charge in [0.2, 0.25) is 0 Å². The minimum atomic E-state index is -4.73. The molecule has 0 radical (unpaired) electrons. The molecule has 0 saturated heterocycles. The van der Waals surface area contributed by atoms with Gasteiger partial charge in [-0.3, -0.25) is 4.79 Å². The average Bonchev–Trinajstić information content (AvgIpc) is 3.42. The van der Waals surface area contributed by atoms with Crippen molar-refractivity contribution in [3.05, 3.63) is 70.2 Å². The molecule has 15 heteroatoms. The number of hydrogen-bond acceptors (Lipinski definition) is 8. The molecule has 1 unspecified atom stereocenters. The van der Waals surface area contributed by atoms with Crippen LogP contribution in [0.15, 0.2) is 53.4 Å². The van der Waals surface area contributed by atoms with Crippen molar-refractivity contribution in [2.75, 3.05) is 50.5 Å². The molecule has 1 aliphatic heterocycles. The van der Waals surface area contributed by atoms with E-state index in [0.717, 1.165) is 19.4 Å². The van der Waals surface area contributed by atoms with Gasteiger partial charge in [0.25, 0.3) is 5.91 Å². The Balaban J connectivity index is 1.79. The van der Waals surface area contributed by atoms with Gasteiger partial charge in [-0.05, 0) is 66.5 Å². The molecule has 1 N–H and O–H groups in total. The van der Waals surface area contributed by atoms with Crippen molar-refractivity contribution in [3.63, 3.8) is 0 Å². The molecule has 268 valence electrons. The standard InChI is InChI=1S/C34H42ClF3N2O7SSi/c1-33(2,3)49(7,8)47-14-13-46-29-16-22(35)9-10-26(29)31(39-23-17-24(44-4)19-25(18-23)48(6,42)43)32(41)40-12-11-21-15-30(45-5)27(20-28(21)40)34(36,37)38/h9-10,15-20,31,39H,11-14H2,1-8H3. The summed E-state index contributed by atoms with van der Waals surface area (Å²) in [5.74, 6) is -0.493. The quantitative estimate of drug-likeness (QED) is 0.148. The van der Waals surface area contributed by atoms with Gasteiger partial charge in [-0.2, -0.15) is 13.2 Å². The third-order valence-corrected chi connectivity index (χ3v) is 14.7. The number of methoxy groups -OCH3 is 2. The number of anilines is 2. The van der Waals surface area contributed by atoms with Crippen LogP contribution in [-0.2, 0) is 31.7 Å². The Kier molecular flexibility index (Phi) is 11.3. The first-order valence-electron chi connectivity index (χ1n) is 15.5. The lowest BCUT2D eigenvalue weighted by atomic mass is 10.0. The van der Waals surface area contributed by atoms with Crippen molar-refractivity contribution in [2.45, 2.75) is 62.4 Å². The van der Waals surface area contributed by atoms with E-state index in [0.29, 0.717) is 16.1 Å². The van der Waals surface area contributed by atoms with E-state index in [9.17, 15) is 26.4 Å². The van der Waals surface area contributed by atoms with Gasteiger partial charge in [0.15, 0.2) is 18.2 Å². The van der Waals surface area contributed by atoms with Gasteiger partial charge < -0.3 is 28.9 Å². The Bertz CT molecular complexity index is 1810. The maximum Gasteiger partial charge on any atom is 0.420 e. The number of nitrogens with one attached hydrogen (secondary N) is 1. The third-order valence-electron chi connectivity index (χ3n) is 8.87. The lowest BCUT2D eigenvalue weighted by Gasteiger charge is -2.36. The normalized spacial score (nSPS) is 14.3. The van der Waals surface area contributed by atoms with Crippen molar-refractivity contribution in [1.82, 2.24) is 0 Å². The van der Waals surface area contributed by atoms with Crippen LogP contribution in [0.3, 0.4) is 0 Å². The Morgan fingerprint density at radius 2 is 1.69 bits per heavy atom. The number of hydrogen-bond donors (Lipinski definition) is 1. The van der Waals surface area contributed by atoms with E-state index in [-0.39, 0.29) is 64.7 Å². The summed E-state index contributed by atoms with van der Waals surface area (Å²) in [6.07, 6.45) is -3.41. The number of nitrogens with zero attached hydrogens (tertiary/aromatic N) is 1. The summed E-state index contributed by atoms with van der Waals surface area (Å²) in [7, 11) is -3.26. The van der Waals surface area contributed by atoms with E-state index in [2.05, 4.69) is 39.2 Å². The maximum atomic E-state index is 14.6. The minimum Gasteiger partial charge on any atom is -0.497 e. The molecule has 4 rings (SSSR count). The van der Waals surface area contributed by atoms with E-state index in [4.69, 9.17) is 30.2 Å². The molecule has 1 atom stereocenters. The number of ether oxygens (including phenoxy) is 3. The molecule has 0 bridgehead atoms. The minimum absolute atomic E-state index is 0.0285. The molecule has 0 saturated carbocycles. The molecule has 0 aliphatic carbocycles. The number of amides is 1. The Morgan fingerprint density at radius 1 is 1.00 bits per heavy atom. The van der Waals surface area contributed by atoms with Crippen molar-refractivity contribution < 1.29 is 45.0 Å². The molecular formula is C34H42ClF3N2O7SSi. The predicted octanol–water partition coefficient (Wildman–Crippen LogP) is 7.92. The summed E-state index contributed by atoms with van der Waals surface area (Å²) in [4.78, 5) is 15.8. The molecule has 1 amide bonds. The van der Waals surface area contributed by atoms with E-state index in [1.54, 1.807) is 18.2 Å². The van der Waals surface area contributed by atoms with Crippen LogP contribution >= 0.6 is 11.6 Å². The van der Waals surface area contributed by atoms with Crippen LogP contribution in [0.25, 0.3) is 0 Å². The molecule has 1 aliphatic rings. The van der Waals surface area contributed by atoms with Crippen LogP contribution in [0.1, 0.15) is 43.5 Å². The summed E-state index contributed by atoms with van der Waals surface area (Å²) in [5, 5.41) is 3.42. The van der Waals surface area contributed by atoms with Gasteiger partial charge in [-0.1, -0.05) is 38.4 Å². The van der Waals surface area contributed by atoms with Crippen LogP contribution in [-0.4, -0.2) is 62.9 Å². The Labute approximate surface area is 291 Å². The first kappa shape index (κ1) is 38.3. The topological polar surface area (TPSA) is 103 Å². The van der Waals surface area contributed by atoms with E-state index in [1.807, 2.05) is 0 Å². The van der Waals surface area contributed by atoms with E-state index >= 15 is 0 Å². The number of fused-ring (bicyclic) bond motifs is 1. The fourth-order valence-electron chi connectivity index (χ4n) is 5.15. The second-order valence-corrected chi connectivity index (χ2v) is 20.6. The molecule has 1 heterocycles. The highest BCUT2D eigenvalue weighted by Gasteiger charge is 2.40. The largest absolute Gasteiger partial charge is 0.497 e. The summed E-state index contributed by atoms with van der Waals surface area (Å²) in [6, 6.07) is 9.86. The van der Waals surface area contributed by atoms with Crippen molar-refractivity contribution in [1.29, 1.82) is 0 Å². The number of carbonyl (C=O) groups is 1. The smallest absolute Gasteiger partial charge is 0.420 e. The molecule has 0 aromatic heterocycles. The van der Waals surface area contributed by atoms with Crippen molar-refractivity contribution in [3.8, 4) is 17.2 Å². The zero-order valence-electron chi connectivity index (χ0n) is 28.7. The highest BCUT2D eigenvalue weighted by Crippen LogP contribution is 2.44. The molecule has 0 spiro atoms. The van der Waals surface area contributed by atoms with Gasteiger partial charge in [0, 0.05) is 40.8 Å². The first-order valence-corrected chi connectivity index (χ1v) is 20.7. The second-order valence-electron chi connectivity index (χ2n) is 13.3. The molecule has 0 fully saturated rings. The Morgan fingerprint density at radius 3 is 2.29 bits per heavy atom. The second kappa shape index (κ2) is 14.4. The maximum absolute atomic E-state index is 14.6. The number of sulfone groups is 1. The fraction of sp³-hybridized carbons (Fsp3) is 0.441. The molecule has 9 nitrogen and oxygen atoms in total. The third kappa shape index (κ3) is 8.83. The molecule has 3 aromatic carbocycles. The van der Waals surface area contributed by atoms with Crippen LogP contribution in [0, 0.1) is 0 Å². The van der Waals surface area contributed by atoms with Gasteiger partial charge >= 0.3 is 6.18 Å². The number of alkyl halides is 3. The molecule has 49 heavy (non-hydrogen) atoms. The van der Waals surface area contributed by atoms with Crippen LogP contribution in [0.4, 0.5) is 24.5 Å². The van der Waals surface area contributed by atoms with Crippen LogP contribution < -0.4 is 24.4 Å². The first-order chi connectivity index (χ1) is 22.7. The fourth-order valence-corrected chi connectivity index (χ4v) is 7.01. The van der Waals surface area contributed by atoms with Gasteiger partial charge in [0.1, 0.15) is 29.9 Å². The highest BCUT2D eigenvalue weighted by molar-refractivity contribution is 7.90. The van der Waals surface area contributed by atoms with E-state index in [1.165, 1.54) is 36.3 Å². The number of rotatable bonds is 12. The summed E-state index contributed by atoms with van der Waals surface area (Å²) >= 11 is 6.38. The zero-order chi connectivity index (χ0) is 36.5. The zero-order valence-corrected chi connectivity index (χ0v) is 31.3. The van der Waals surface area contributed by atoms with Crippen molar-refractivity contribution in [2.24, 2.45) is 0 Å². The van der Waals surface area contributed by atoms with Gasteiger partial charge in [-0.15, -0.1) is 0 Å². The summed E-state index contributed by atoms with van der Waals surface area (Å²) < 4.78 is 89.9. The van der Waals surface area contributed by atoms with Gasteiger partial charge in [0.05, 0.1) is 31.3 Å². The Hall–Kier alpha value is -3.46. The number of carbonyl (C=O) groups excluding carboxylic acids is 1. The highest BCUT2D eigenvalue weighted by atomic mass is 35.5. The summed E-state index contributed by atoms with van der Waals surface area (Å²) in [5.41, 5.74) is 0.120. The van der Waals surface area contributed by atoms with Crippen LogP contribution in [0.2, 0.25) is 23.2 Å². The monoisotopic (exact) mass is 742 g/mol. The average molecular weight is 743 g/mol. The number of benzene rings is 3. The lowest BCUT2D eigenvalue weighted by Crippen LogP contribution is -2.41.